The lowest BCUT2D eigenvalue weighted by atomic mass is 9.87. The highest BCUT2D eigenvalue weighted by molar-refractivity contribution is 7.89. The minimum Gasteiger partial charge on any atom is -0.456 e. The average Bonchev–Trinajstić information content (AvgIpc) is 2.62. The summed E-state index contributed by atoms with van der Waals surface area (Å²) in [6.45, 7) is 1.31. The Labute approximate surface area is 161 Å². The monoisotopic (exact) mass is 396 g/mol. The molecule has 0 spiro atoms. The lowest BCUT2D eigenvalue weighted by Gasteiger charge is -2.20. The van der Waals surface area contributed by atoms with E-state index in [4.69, 9.17) is 4.74 Å². The van der Waals surface area contributed by atoms with E-state index in [0.717, 1.165) is 30.0 Å². The highest BCUT2D eigenvalue weighted by Gasteiger charge is 2.21. The van der Waals surface area contributed by atoms with Gasteiger partial charge in [-0.15, -0.1) is 0 Å². The molecule has 1 aliphatic carbocycles. The van der Waals surface area contributed by atoms with Crippen LogP contribution in [0.25, 0.3) is 0 Å². The molecule has 1 saturated carbocycles. The number of anilines is 1. The molecule has 1 aliphatic rings. The maximum absolute atomic E-state index is 12.3. The molecule has 27 heavy (non-hydrogen) atoms. The van der Waals surface area contributed by atoms with Crippen LogP contribution in [-0.2, 0) is 24.3 Å². The fraction of sp³-hybridized carbons (Fsp3) is 0.579. The Morgan fingerprint density at radius 1 is 1.19 bits per heavy atom. The van der Waals surface area contributed by atoms with E-state index >= 15 is 0 Å². The number of aryl methyl sites for hydroxylation is 1. The zero-order chi connectivity index (χ0) is 20.0. The van der Waals surface area contributed by atoms with Crippen molar-refractivity contribution in [1.82, 2.24) is 4.31 Å². The molecular formula is C19H28N2O5S. The molecule has 0 aromatic heterocycles. The lowest BCUT2D eigenvalue weighted by molar-refractivity contribution is -0.148. The molecule has 0 saturated heterocycles. The van der Waals surface area contributed by atoms with Crippen molar-refractivity contribution in [2.45, 2.75) is 50.3 Å². The van der Waals surface area contributed by atoms with Gasteiger partial charge in [0, 0.05) is 26.2 Å². The predicted molar refractivity (Wildman–Crippen MR) is 103 cm³/mol. The van der Waals surface area contributed by atoms with E-state index in [9.17, 15) is 18.0 Å². The minimum absolute atomic E-state index is 0.125. The van der Waals surface area contributed by atoms with Crippen LogP contribution >= 0.6 is 0 Å². The van der Waals surface area contributed by atoms with Crippen LogP contribution in [0.2, 0.25) is 0 Å². The second-order valence-electron chi connectivity index (χ2n) is 7.18. The summed E-state index contributed by atoms with van der Waals surface area (Å²) in [6.07, 6.45) is 5.93. The number of sulfonamides is 1. The summed E-state index contributed by atoms with van der Waals surface area (Å²) in [5.41, 5.74) is 0.926. The van der Waals surface area contributed by atoms with Crippen molar-refractivity contribution in [3.05, 3.63) is 23.8 Å². The third-order valence-electron chi connectivity index (χ3n) is 4.77. The summed E-state index contributed by atoms with van der Waals surface area (Å²) in [5, 5.41) is 2.58. The van der Waals surface area contributed by atoms with E-state index in [1.165, 1.54) is 26.6 Å². The average molecular weight is 397 g/mol. The Morgan fingerprint density at radius 2 is 1.85 bits per heavy atom. The van der Waals surface area contributed by atoms with Gasteiger partial charge in [-0.25, -0.2) is 12.7 Å². The van der Waals surface area contributed by atoms with E-state index in [1.807, 2.05) is 0 Å². The summed E-state index contributed by atoms with van der Waals surface area (Å²) in [7, 11) is -0.711. The number of nitrogens with one attached hydrogen (secondary N) is 1. The van der Waals surface area contributed by atoms with Gasteiger partial charge >= 0.3 is 5.97 Å². The minimum atomic E-state index is -3.61. The van der Waals surface area contributed by atoms with Gasteiger partial charge in [0.15, 0.2) is 6.61 Å². The van der Waals surface area contributed by atoms with Gasteiger partial charge in [0.1, 0.15) is 0 Å². The summed E-state index contributed by atoms with van der Waals surface area (Å²) >= 11 is 0. The molecule has 7 nitrogen and oxygen atoms in total. The molecule has 1 amide bonds. The fourth-order valence-electron chi connectivity index (χ4n) is 3.18. The highest BCUT2D eigenvalue weighted by atomic mass is 32.2. The molecule has 0 aliphatic heterocycles. The summed E-state index contributed by atoms with van der Waals surface area (Å²) in [6, 6.07) is 4.65. The molecule has 1 aromatic carbocycles. The van der Waals surface area contributed by atoms with E-state index < -0.39 is 15.9 Å². The number of ether oxygens (including phenoxy) is 1. The van der Waals surface area contributed by atoms with Gasteiger partial charge < -0.3 is 10.1 Å². The van der Waals surface area contributed by atoms with Crippen molar-refractivity contribution in [2.75, 3.05) is 26.0 Å². The number of amides is 1. The number of benzene rings is 1. The van der Waals surface area contributed by atoms with Crippen LogP contribution < -0.4 is 5.32 Å². The molecule has 150 valence electrons. The lowest BCUT2D eigenvalue weighted by Crippen LogP contribution is -2.24. The summed E-state index contributed by atoms with van der Waals surface area (Å²) in [5.74, 6) is -0.508. The SMILES string of the molecule is Cc1ccc(NC(=O)COC(=O)CC2CCCCC2)cc1S(=O)(=O)N(C)C. The maximum atomic E-state index is 12.3. The first-order valence-corrected chi connectivity index (χ1v) is 10.6. The third-order valence-corrected chi connectivity index (χ3v) is 6.73. The van der Waals surface area contributed by atoms with Crippen LogP contribution in [0, 0.1) is 12.8 Å². The van der Waals surface area contributed by atoms with Gasteiger partial charge in [0.25, 0.3) is 5.91 Å². The van der Waals surface area contributed by atoms with Crippen LogP contribution in [-0.4, -0.2) is 45.3 Å². The van der Waals surface area contributed by atoms with Crippen molar-refractivity contribution >= 4 is 27.6 Å². The van der Waals surface area contributed by atoms with Gasteiger partial charge in [-0.3, -0.25) is 9.59 Å². The third kappa shape index (κ3) is 6.04. The molecule has 0 heterocycles. The van der Waals surface area contributed by atoms with Gasteiger partial charge in [-0.2, -0.15) is 0 Å². The van der Waals surface area contributed by atoms with Crippen LogP contribution in [0.5, 0.6) is 0 Å². The van der Waals surface area contributed by atoms with Gasteiger partial charge in [0.05, 0.1) is 4.90 Å². The van der Waals surface area contributed by atoms with E-state index in [0.29, 0.717) is 23.6 Å². The molecule has 0 unspecified atom stereocenters. The number of rotatable bonds is 7. The Balaban J connectivity index is 1.91. The Morgan fingerprint density at radius 3 is 2.48 bits per heavy atom. The van der Waals surface area contributed by atoms with Gasteiger partial charge in [-0.1, -0.05) is 25.3 Å². The van der Waals surface area contributed by atoms with Gasteiger partial charge in [0.2, 0.25) is 10.0 Å². The molecule has 1 aromatic rings. The van der Waals surface area contributed by atoms with Crippen molar-refractivity contribution in [3.8, 4) is 0 Å². The molecule has 8 heteroatoms. The van der Waals surface area contributed by atoms with E-state index in [2.05, 4.69) is 5.32 Å². The Bertz CT molecular complexity index is 783. The summed E-state index contributed by atoms with van der Waals surface area (Å²) < 4.78 is 30.9. The smallest absolute Gasteiger partial charge is 0.306 e. The maximum Gasteiger partial charge on any atom is 0.306 e. The number of hydrogen-bond acceptors (Lipinski definition) is 5. The second kappa shape index (κ2) is 9.32. The molecule has 1 fully saturated rings. The predicted octanol–water partition coefficient (Wildman–Crippen LogP) is 2.70. The van der Waals surface area contributed by atoms with Crippen LogP contribution in [0.1, 0.15) is 44.1 Å². The van der Waals surface area contributed by atoms with Crippen LogP contribution in [0.15, 0.2) is 23.1 Å². The second-order valence-corrected chi connectivity index (χ2v) is 9.30. The molecule has 1 N–H and O–H groups in total. The normalized spacial score (nSPS) is 15.6. The largest absolute Gasteiger partial charge is 0.456 e. The Kier molecular flexibility index (Phi) is 7.38. The Hall–Kier alpha value is -1.93. The molecule has 0 radical (unpaired) electrons. The van der Waals surface area contributed by atoms with Crippen LogP contribution in [0.4, 0.5) is 5.69 Å². The quantitative estimate of drug-likeness (QED) is 0.716. The van der Waals surface area contributed by atoms with Crippen molar-refractivity contribution in [1.29, 1.82) is 0 Å². The van der Waals surface area contributed by atoms with Crippen molar-refractivity contribution in [2.24, 2.45) is 5.92 Å². The number of nitrogens with zero attached hydrogens (tertiary/aromatic N) is 1. The van der Waals surface area contributed by atoms with E-state index in [-0.39, 0.29) is 17.5 Å². The standard InChI is InChI=1S/C19H28N2O5S/c1-14-9-10-16(12-17(14)27(24,25)21(2)3)20-18(22)13-26-19(23)11-15-7-5-4-6-8-15/h9-10,12,15H,4-8,11,13H2,1-3H3,(H,20,22). The number of esters is 1. The number of hydrogen-bond donors (Lipinski definition) is 1. The fourth-order valence-corrected chi connectivity index (χ4v) is 4.33. The zero-order valence-corrected chi connectivity index (χ0v) is 17.0. The highest BCUT2D eigenvalue weighted by Crippen LogP contribution is 2.26. The first-order valence-electron chi connectivity index (χ1n) is 9.19. The van der Waals surface area contributed by atoms with Crippen molar-refractivity contribution < 1.29 is 22.7 Å². The van der Waals surface area contributed by atoms with E-state index in [1.54, 1.807) is 19.1 Å². The summed E-state index contributed by atoms with van der Waals surface area (Å²) in [4.78, 5) is 24.1. The number of carbonyl (C=O) groups excluding carboxylic acids is 2. The molecular weight excluding hydrogens is 368 g/mol. The molecule has 0 atom stereocenters. The molecule has 2 rings (SSSR count). The van der Waals surface area contributed by atoms with Crippen LogP contribution in [0.3, 0.4) is 0 Å². The first-order chi connectivity index (χ1) is 12.7. The number of carbonyl (C=O) groups is 2. The van der Waals surface area contributed by atoms with Gasteiger partial charge in [-0.05, 0) is 43.4 Å². The first kappa shape index (κ1) is 21.4. The zero-order valence-electron chi connectivity index (χ0n) is 16.2. The molecule has 0 bridgehead atoms. The topological polar surface area (TPSA) is 92.8 Å². The van der Waals surface area contributed by atoms with Crippen molar-refractivity contribution in [3.63, 3.8) is 0 Å².